The van der Waals surface area contributed by atoms with Crippen LogP contribution < -0.4 is 0 Å². The van der Waals surface area contributed by atoms with E-state index in [1.54, 1.807) is 61.9 Å². The molecular formula is C37H35N8O6S3+. The summed E-state index contributed by atoms with van der Waals surface area (Å²) < 4.78 is 26.0. The molecule has 1 fully saturated rings. The molecule has 11 rings (SSSR count). The minimum absolute atomic E-state index is 0.138. The second-order valence-electron chi connectivity index (χ2n) is 11.4. The molecule has 0 spiro atoms. The molecule has 1 saturated heterocycles. The highest BCUT2D eigenvalue weighted by atomic mass is 32.2. The van der Waals surface area contributed by atoms with E-state index in [1.165, 1.54) is 30.9 Å². The van der Waals surface area contributed by atoms with E-state index < -0.39 is 0 Å². The van der Waals surface area contributed by atoms with E-state index in [0.29, 0.717) is 22.0 Å². The lowest BCUT2D eigenvalue weighted by molar-refractivity contribution is 0.198. The lowest BCUT2D eigenvalue weighted by Crippen LogP contribution is -1.81. The lowest BCUT2D eigenvalue weighted by Gasteiger charge is -1.95. The van der Waals surface area contributed by atoms with Gasteiger partial charge in [0.15, 0.2) is 28.3 Å². The van der Waals surface area contributed by atoms with Crippen LogP contribution >= 0.6 is 36.6 Å². The van der Waals surface area contributed by atoms with Crippen LogP contribution in [0.15, 0.2) is 115 Å². The van der Waals surface area contributed by atoms with E-state index in [2.05, 4.69) is 71.0 Å². The Morgan fingerprint density at radius 2 is 1.39 bits per heavy atom. The van der Waals surface area contributed by atoms with Gasteiger partial charge in [0.25, 0.3) is 5.69 Å². The highest BCUT2D eigenvalue weighted by Gasteiger charge is 2.25. The summed E-state index contributed by atoms with van der Waals surface area (Å²) >= 11 is 10.2. The van der Waals surface area contributed by atoms with Gasteiger partial charge < -0.3 is 32.5 Å². The van der Waals surface area contributed by atoms with Gasteiger partial charge in [0.05, 0.1) is 15.4 Å². The Kier molecular flexibility index (Phi) is 13.9. The SMILES string of the molecule is C1=Nc2c(Sc3ncccn3)coc2C1.C1CCOC1.Cc1coc2c1N=[C+]C2.Oc1coc2c1N=CC2.S=c1nccc[nH]1.Sc1coc2c1N=CC2. The van der Waals surface area contributed by atoms with Crippen molar-refractivity contribution >= 4 is 84.2 Å². The Balaban J connectivity index is 0.000000114. The largest absolute Gasteiger partial charge is 0.503 e. The summed E-state index contributed by atoms with van der Waals surface area (Å²) in [7, 11) is 0. The van der Waals surface area contributed by atoms with Crippen molar-refractivity contribution in [2.75, 3.05) is 13.2 Å². The number of fused-ring (bicyclic) bond motifs is 4. The Labute approximate surface area is 325 Å². The van der Waals surface area contributed by atoms with Crippen LogP contribution in [0.1, 0.15) is 41.4 Å². The average molecular weight is 784 g/mol. The number of ether oxygens (including phenoxy) is 1. The number of thiol groups is 1. The first-order valence-corrected chi connectivity index (χ1v) is 18.4. The van der Waals surface area contributed by atoms with Gasteiger partial charge in [0.2, 0.25) is 5.76 Å². The molecule has 5 aliphatic heterocycles. The Bertz CT molecular complexity index is 2120. The fourth-order valence-electron chi connectivity index (χ4n) is 4.93. The van der Waals surface area contributed by atoms with Crippen molar-refractivity contribution in [3.8, 4) is 5.75 Å². The topological polar surface area (TPSA) is 186 Å². The van der Waals surface area contributed by atoms with Crippen LogP contribution in [-0.2, 0) is 30.4 Å². The average Bonchev–Trinajstić information content (AvgIpc) is 4.03. The Hall–Kier alpha value is -5.45. The third-order valence-electron chi connectivity index (χ3n) is 7.53. The van der Waals surface area contributed by atoms with Crippen LogP contribution in [0.4, 0.5) is 22.7 Å². The molecule has 6 aromatic rings. The van der Waals surface area contributed by atoms with Crippen LogP contribution in [0.2, 0.25) is 0 Å². The van der Waals surface area contributed by atoms with Gasteiger partial charge in [-0.15, -0.1) is 12.6 Å². The van der Waals surface area contributed by atoms with Gasteiger partial charge in [0, 0.05) is 75.9 Å². The molecule has 276 valence electrons. The van der Waals surface area contributed by atoms with Crippen molar-refractivity contribution < 1.29 is 27.5 Å². The maximum Gasteiger partial charge on any atom is 0.259 e. The highest BCUT2D eigenvalue weighted by molar-refractivity contribution is 7.99. The van der Waals surface area contributed by atoms with Crippen LogP contribution in [0, 0.1) is 11.7 Å². The van der Waals surface area contributed by atoms with Gasteiger partial charge in [-0.25, -0.2) is 15.0 Å². The van der Waals surface area contributed by atoms with Gasteiger partial charge >= 0.3 is 0 Å². The second-order valence-corrected chi connectivity index (χ2v) is 13.3. The standard InChI is InChI=1S/C10H7N3OS.C7H6NO.C6H5NO2.C6H5NOS.C4H4N2S.C4H8O/c1-3-12-10(13-4-1)15-8-6-14-7-2-5-11-9(7)8;1-5-4-9-6-2-3-8-7(5)6;8-4-3-9-5-1-2-7-6(4)5;9-5-3-8-4-1-2-7-6(4)5;7-4-5-2-1-3-6-4;1-2-4-5-3-1/h1,3-6H,2H2;4H,2H2,1H3;2-3,8H,1H2;2-3,9H,1H2;1-3H,(H,5,6,7);1-4H2/q;+1;;;;. The minimum atomic E-state index is 0.138. The number of hydrogen-bond acceptors (Lipinski definition) is 16. The summed E-state index contributed by atoms with van der Waals surface area (Å²) in [6, 6.07) is 3.58. The number of furan rings is 4. The summed E-state index contributed by atoms with van der Waals surface area (Å²) in [4.78, 5) is 32.8. The normalized spacial score (nSPS) is 14.0. The van der Waals surface area contributed by atoms with Crippen molar-refractivity contribution in [1.29, 1.82) is 0 Å². The summed E-state index contributed by atoms with van der Waals surface area (Å²) in [5.41, 5.74) is 4.51. The number of aromatic amines is 1. The number of rotatable bonds is 2. The molecule has 0 bridgehead atoms. The van der Waals surface area contributed by atoms with Gasteiger partial charge in [-0.1, -0.05) is 0 Å². The molecule has 5 aliphatic rings. The molecule has 2 N–H and O–H groups in total. The molecule has 17 heteroatoms. The first-order valence-electron chi connectivity index (χ1n) is 16.8. The predicted octanol–water partition coefficient (Wildman–Crippen LogP) is 9.21. The van der Waals surface area contributed by atoms with Crippen LogP contribution in [0.5, 0.6) is 5.75 Å². The lowest BCUT2D eigenvalue weighted by atomic mass is 10.3. The van der Waals surface area contributed by atoms with E-state index in [4.69, 9.17) is 27.5 Å². The van der Waals surface area contributed by atoms with Gasteiger partial charge in [-0.2, -0.15) is 0 Å². The molecule has 11 heterocycles. The molecule has 54 heavy (non-hydrogen) atoms. The number of aromatic hydroxyl groups is 1. The number of aromatic nitrogens is 4. The maximum absolute atomic E-state index is 8.96. The molecule has 6 aromatic heterocycles. The monoisotopic (exact) mass is 783 g/mol. The number of nitrogens with one attached hydrogen (secondary N) is 1. The van der Waals surface area contributed by atoms with Gasteiger partial charge in [-0.05, 0) is 60.9 Å². The molecule has 0 amide bonds. The van der Waals surface area contributed by atoms with Crippen molar-refractivity contribution in [2.45, 2.75) is 60.4 Å². The molecule has 0 unspecified atom stereocenters. The van der Waals surface area contributed by atoms with E-state index in [9.17, 15) is 0 Å². The van der Waals surface area contributed by atoms with E-state index in [1.807, 2.05) is 19.4 Å². The van der Waals surface area contributed by atoms with Crippen molar-refractivity contribution in [3.05, 3.63) is 95.3 Å². The molecule has 14 nitrogen and oxygen atoms in total. The molecular weight excluding hydrogens is 749 g/mol. The molecule has 0 aliphatic carbocycles. The summed E-state index contributed by atoms with van der Waals surface area (Å²) in [5, 5.41) is 9.68. The summed E-state index contributed by atoms with van der Waals surface area (Å²) in [6.45, 7) is 3.98. The zero-order valence-corrected chi connectivity index (χ0v) is 31.6. The summed E-state index contributed by atoms with van der Waals surface area (Å²) in [6.07, 6.45) is 27.0. The molecule has 0 saturated carbocycles. The van der Waals surface area contributed by atoms with E-state index >= 15 is 0 Å². The summed E-state index contributed by atoms with van der Waals surface area (Å²) in [5.74, 6) is 3.70. The zero-order chi connectivity index (χ0) is 37.5. The molecule has 0 aromatic carbocycles. The highest BCUT2D eigenvalue weighted by Crippen LogP contribution is 2.39. The Morgan fingerprint density at radius 3 is 2.00 bits per heavy atom. The number of aryl methyl sites for hydroxylation is 1. The van der Waals surface area contributed by atoms with Crippen LogP contribution in [-0.4, -0.2) is 63.1 Å². The van der Waals surface area contributed by atoms with Gasteiger partial charge in [-0.3, -0.25) is 15.0 Å². The first-order chi connectivity index (χ1) is 26.5. The molecule has 0 radical (unpaired) electrons. The number of nitrogens with zero attached hydrogens (tertiary/aromatic N) is 7. The smallest absolute Gasteiger partial charge is 0.259 e. The van der Waals surface area contributed by atoms with Crippen molar-refractivity contribution in [2.24, 2.45) is 20.0 Å². The van der Waals surface area contributed by atoms with Crippen LogP contribution in [0.3, 0.4) is 0 Å². The van der Waals surface area contributed by atoms with E-state index in [0.717, 1.165) is 87.9 Å². The number of aliphatic imine (C=N–C) groups is 4. The fraction of sp³-hybridized carbons (Fsp3) is 0.243. The minimum Gasteiger partial charge on any atom is -0.503 e. The first kappa shape index (κ1) is 38.3. The zero-order valence-electron chi connectivity index (χ0n) is 29.0. The Morgan fingerprint density at radius 1 is 0.759 bits per heavy atom. The number of hydrogen-bond donors (Lipinski definition) is 3. The van der Waals surface area contributed by atoms with E-state index in [-0.39, 0.29) is 5.75 Å². The second kappa shape index (κ2) is 19.6. The fourth-order valence-corrected chi connectivity index (χ4v) is 6.08. The maximum atomic E-state index is 8.96. The van der Waals surface area contributed by atoms with Crippen LogP contribution in [0.25, 0.3) is 0 Å². The van der Waals surface area contributed by atoms with Gasteiger partial charge in [0.1, 0.15) is 59.4 Å². The molecule has 0 atom stereocenters. The third kappa shape index (κ3) is 10.6. The predicted molar refractivity (Wildman–Crippen MR) is 210 cm³/mol. The van der Waals surface area contributed by atoms with Crippen molar-refractivity contribution in [1.82, 2.24) is 19.9 Å². The van der Waals surface area contributed by atoms with Crippen molar-refractivity contribution in [3.63, 3.8) is 0 Å². The number of H-pyrrole nitrogens is 1. The third-order valence-corrected chi connectivity index (χ3v) is 8.98. The quantitative estimate of drug-likeness (QED) is 0.0658.